The van der Waals surface area contributed by atoms with Gasteiger partial charge in [0.25, 0.3) is 5.91 Å². The number of benzene rings is 2. The number of methoxy groups -OCH3 is 1. The summed E-state index contributed by atoms with van der Waals surface area (Å²) >= 11 is 0. The average molecular weight is 480 g/mol. The zero-order valence-electron chi connectivity index (χ0n) is 20.5. The summed E-state index contributed by atoms with van der Waals surface area (Å²) in [6.07, 6.45) is 0. The van der Waals surface area contributed by atoms with Gasteiger partial charge in [-0.25, -0.2) is 4.79 Å². The van der Waals surface area contributed by atoms with Crippen molar-refractivity contribution >= 4 is 17.8 Å². The van der Waals surface area contributed by atoms with Gasteiger partial charge in [0, 0.05) is 32.7 Å². The highest BCUT2D eigenvalue weighted by molar-refractivity contribution is 6.09. The molecule has 0 saturated carbocycles. The number of hydrogen-bond acceptors (Lipinski definition) is 6. The Morgan fingerprint density at radius 3 is 2.34 bits per heavy atom. The van der Waals surface area contributed by atoms with Gasteiger partial charge in [0.15, 0.2) is 0 Å². The Kier molecular flexibility index (Phi) is 7.37. The van der Waals surface area contributed by atoms with Crippen molar-refractivity contribution < 1.29 is 19.1 Å². The summed E-state index contributed by atoms with van der Waals surface area (Å²) in [4.78, 5) is 44.6. The number of carbonyl (C=O) groups excluding carboxylic acids is 3. The number of imide groups is 1. The molecular formula is C26H33N5O4. The predicted molar refractivity (Wildman–Crippen MR) is 132 cm³/mol. The number of nitrogens with one attached hydrogen (secondary N) is 2. The molecule has 2 fully saturated rings. The first-order valence-corrected chi connectivity index (χ1v) is 11.8. The van der Waals surface area contributed by atoms with E-state index in [0.29, 0.717) is 17.9 Å². The van der Waals surface area contributed by atoms with Crippen LogP contribution < -0.4 is 15.4 Å². The van der Waals surface area contributed by atoms with Crippen LogP contribution in [0.1, 0.15) is 24.1 Å². The second kappa shape index (κ2) is 10.5. The van der Waals surface area contributed by atoms with Crippen LogP contribution in [-0.2, 0) is 15.1 Å². The van der Waals surface area contributed by atoms with E-state index in [0.717, 1.165) is 36.6 Å². The molecule has 2 atom stereocenters. The van der Waals surface area contributed by atoms with E-state index in [4.69, 9.17) is 4.74 Å². The monoisotopic (exact) mass is 479 g/mol. The molecule has 0 spiro atoms. The number of rotatable bonds is 8. The first-order chi connectivity index (χ1) is 16.8. The van der Waals surface area contributed by atoms with E-state index < -0.39 is 17.5 Å². The van der Waals surface area contributed by atoms with E-state index in [2.05, 4.69) is 27.5 Å². The van der Waals surface area contributed by atoms with Crippen LogP contribution in [0.5, 0.6) is 5.75 Å². The Bertz CT molecular complexity index is 1050. The molecule has 0 aromatic heterocycles. The van der Waals surface area contributed by atoms with Gasteiger partial charge in [-0.15, -0.1) is 0 Å². The summed E-state index contributed by atoms with van der Waals surface area (Å²) in [7, 11) is 3.66. The fourth-order valence-electron chi connectivity index (χ4n) is 4.55. The molecule has 2 heterocycles. The fraction of sp³-hybridized carbons (Fsp3) is 0.423. The summed E-state index contributed by atoms with van der Waals surface area (Å²) in [5.41, 5.74) is 0.360. The topological polar surface area (TPSA) is 94.2 Å². The molecule has 0 bridgehead atoms. The average Bonchev–Trinajstić information content (AvgIpc) is 3.09. The molecule has 35 heavy (non-hydrogen) atoms. The number of ether oxygens (including phenoxy) is 1. The molecule has 2 aliphatic rings. The highest BCUT2D eigenvalue weighted by atomic mass is 16.5. The minimum atomic E-state index is -1.25. The second-order valence-electron chi connectivity index (χ2n) is 9.31. The molecule has 0 radical (unpaired) electrons. The minimum absolute atomic E-state index is 0.249. The molecule has 9 nitrogen and oxygen atoms in total. The third-order valence-corrected chi connectivity index (χ3v) is 6.82. The van der Waals surface area contributed by atoms with Gasteiger partial charge in [-0.1, -0.05) is 42.5 Å². The van der Waals surface area contributed by atoms with Crippen LogP contribution in [0.15, 0.2) is 54.6 Å². The SMILES string of the molecule is COc1ccc(C2(C)NC(=O)N(CC(=O)NC(CN3CCN(C)CC3)c3ccccc3)C2=O)cc1. The molecule has 2 unspecified atom stereocenters. The number of piperazine rings is 1. The molecular weight excluding hydrogens is 446 g/mol. The maximum absolute atomic E-state index is 13.2. The van der Waals surface area contributed by atoms with Gasteiger partial charge in [-0.3, -0.25) is 19.4 Å². The standard InChI is InChI=1S/C26H33N5O4/c1-26(20-9-11-21(35-3)12-10-20)24(33)31(25(34)28-26)18-23(32)27-22(19-7-5-4-6-8-19)17-30-15-13-29(2)14-16-30/h4-12,22H,13-18H2,1-3H3,(H,27,32)(H,28,34). The van der Waals surface area contributed by atoms with Gasteiger partial charge in [0.05, 0.1) is 13.2 Å². The molecule has 9 heteroatoms. The predicted octanol–water partition coefficient (Wildman–Crippen LogP) is 1.57. The molecule has 0 aliphatic carbocycles. The van der Waals surface area contributed by atoms with Crippen molar-refractivity contribution in [3.05, 3.63) is 65.7 Å². The molecule has 2 saturated heterocycles. The first kappa shape index (κ1) is 24.7. The van der Waals surface area contributed by atoms with Gasteiger partial charge < -0.3 is 20.3 Å². The number of hydrogen-bond donors (Lipinski definition) is 2. The lowest BCUT2D eigenvalue weighted by Gasteiger charge is -2.35. The Labute approximate surface area is 206 Å². The molecule has 2 aromatic rings. The quantitative estimate of drug-likeness (QED) is 0.559. The van der Waals surface area contributed by atoms with Crippen LogP contribution in [0.4, 0.5) is 4.79 Å². The van der Waals surface area contributed by atoms with E-state index in [1.54, 1.807) is 38.3 Å². The highest BCUT2D eigenvalue weighted by Crippen LogP contribution is 2.30. The Morgan fingerprint density at radius 2 is 1.71 bits per heavy atom. The molecule has 2 aromatic carbocycles. The van der Waals surface area contributed by atoms with Crippen LogP contribution in [0.2, 0.25) is 0 Å². The fourth-order valence-corrected chi connectivity index (χ4v) is 4.55. The maximum Gasteiger partial charge on any atom is 0.325 e. The Morgan fingerprint density at radius 1 is 1.06 bits per heavy atom. The number of amides is 4. The van der Waals surface area contributed by atoms with E-state index in [9.17, 15) is 14.4 Å². The zero-order chi connectivity index (χ0) is 25.0. The Balaban J connectivity index is 1.45. The number of urea groups is 1. The minimum Gasteiger partial charge on any atom is -0.497 e. The van der Waals surface area contributed by atoms with Gasteiger partial charge in [0.1, 0.15) is 17.8 Å². The van der Waals surface area contributed by atoms with E-state index in [1.807, 2.05) is 30.3 Å². The lowest BCUT2D eigenvalue weighted by Crippen LogP contribution is -2.49. The maximum atomic E-state index is 13.2. The van der Waals surface area contributed by atoms with Crippen molar-refractivity contribution in [2.75, 3.05) is 53.4 Å². The summed E-state index contributed by atoms with van der Waals surface area (Å²) in [6, 6.07) is 15.9. The molecule has 186 valence electrons. The number of carbonyl (C=O) groups is 3. The van der Waals surface area contributed by atoms with Crippen molar-refractivity contribution in [3.8, 4) is 5.75 Å². The molecule has 2 aliphatic heterocycles. The zero-order valence-corrected chi connectivity index (χ0v) is 20.5. The third kappa shape index (κ3) is 5.47. The lowest BCUT2D eigenvalue weighted by atomic mass is 9.92. The van der Waals surface area contributed by atoms with Crippen LogP contribution in [0.3, 0.4) is 0 Å². The van der Waals surface area contributed by atoms with Crippen molar-refractivity contribution in [2.45, 2.75) is 18.5 Å². The van der Waals surface area contributed by atoms with E-state index in [1.165, 1.54) is 0 Å². The summed E-state index contributed by atoms with van der Waals surface area (Å²) in [6.45, 7) is 5.75. The summed E-state index contributed by atoms with van der Waals surface area (Å²) in [5.74, 6) is -0.189. The highest BCUT2D eigenvalue weighted by Gasteiger charge is 2.49. The van der Waals surface area contributed by atoms with Gasteiger partial charge >= 0.3 is 6.03 Å². The summed E-state index contributed by atoms with van der Waals surface area (Å²) in [5, 5.41) is 5.81. The summed E-state index contributed by atoms with van der Waals surface area (Å²) < 4.78 is 5.18. The van der Waals surface area contributed by atoms with Crippen LogP contribution >= 0.6 is 0 Å². The van der Waals surface area contributed by atoms with Crippen LogP contribution in [0.25, 0.3) is 0 Å². The van der Waals surface area contributed by atoms with Gasteiger partial charge in [-0.2, -0.15) is 0 Å². The van der Waals surface area contributed by atoms with Crippen molar-refractivity contribution in [2.24, 2.45) is 0 Å². The first-order valence-electron chi connectivity index (χ1n) is 11.8. The number of nitrogens with zero attached hydrogens (tertiary/aromatic N) is 3. The van der Waals surface area contributed by atoms with Crippen LogP contribution in [-0.4, -0.2) is 86.0 Å². The van der Waals surface area contributed by atoms with E-state index in [-0.39, 0.29) is 18.5 Å². The molecule has 2 N–H and O–H groups in total. The normalized spacial score (nSPS) is 22.1. The van der Waals surface area contributed by atoms with Gasteiger partial charge in [0.2, 0.25) is 5.91 Å². The van der Waals surface area contributed by atoms with E-state index >= 15 is 0 Å². The van der Waals surface area contributed by atoms with Crippen molar-refractivity contribution in [1.82, 2.24) is 25.3 Å². The Hall–Kier alpha value is -3.43. The van der Waals surface area contributed by atoms with Crippen LogP contribution in [0, 0.1) is 0 Å². The molecule has 4 amide bonds. The third-order valence-electron chi connectivity index (χ3n) is 6.82. The largest absolute Gasteiger partial charge is 0.497 e. The molecule has 4 rings (SSSR count). The van der Waals surface area contributed by atoms with Crippen molar-refractivity contribution in [3.63, 3.8) is 0 Å². The van der Waals surface area contributed by atoms with Crippen molar-refractivity contribution in [1.29, 1.82) is 0 Å². The van der Waals surface area contributed by atoms with Gasteiger partial charge in [-0.05, 0) is 37.2 Å². The smallest absolute Gasteiger partial charge is 0.325 e. The number of likely N-dealkylation sites (N-methyl/N-ethyl adjacent to an activating group) is 1. The second-order valence-corrected chi connectivity index (χ2v) is 9.31. The lowest BCUT2D eigenvalue weighted by molar-refractivity contribution is -0.135.